The normalized spacial score (nSPS) is 19.1. The van der Waals surface area contributed by atoms with Gasteiger partial charge < -0.3 is 10.2 Å². The molecule has 1 fully saturated rings. The van der Waals surface area contributed by atoms with Gasteiger partial charge in [0.25, 0.3) is 0 Å². The molecule has 1 N–H and O–H groups in total. The molecule has 0 aliphatic carbocycles. The Labute approximate surface area is 122 Å². The van der Waals surface area contributed by atoms with Crippen LogP contribution in [0.15, 0.2) is 24.3 Å². The molecule has 1 aliphatic heterocycles. The lowest BCUT2D eigenvalue weighted by molar-refractivity contribution is -0.132. The Morgan fingerprint density at radius 2 is 2.20 bits per heavy atom. The monoisotopic (exact) mass is 274 g/mol. The summed E-state index contributed by atoms with van der Waals surface area (Å²) in [5.74, 6) is 0.935. The molecular weight excluding hydrogens is 248 g/mol. The molecule has 3 heteroatoms. The number of piperidine rings is 1. The van der Waals surface area contributed by atoms with E-state index in [4.69, 9.17) is 0 Å². The Balaban J connectivity index is 1.84. The molecular formula is C17H26N2O. The van der Waals surface area contributed by atoms with Crippen LogP contribution in [0.1, 0.15) is 30.4 Å². The van der Waals surface area contributed by atoms with Crippen LogP contribution >= 0.6 is 0 Å². The van der Waals surface area contributed by atoms with E-state index in [0.29, 0.717) is 18.2 Å². The summed E-state index contributed by atoms with van der Waals surface area (Å²) in [6.45, 7) is 4.99. The zero-order valence-corrected chi connectivity index (χ0v) is 12.7. The quantitative estimate of drug-likeness (QED) is 0.894. The minimum absolute atomic E-state index is 0.314. The number of nitrogens with one attached hydrogen (secondary N) is 1. The molecule has 1 aliphatic rings. The number of carbonyl (C=O) groups is 1. The predicted octanol–water partition coefficient (Wildman–Crippen LogP) is 2.39. The SMILES string of the molecule is CNCC1CCCN(C(=O)CCc2ccccc2C)C1. The molecule has 20 heavy (non-hydrogen) atoms. The van der Waals surface area contributed by atoms with Crippen molar-refractivity contribution >= 4 is 5.91 Å². The summed E-state index contributed by atoms with van der Waals surface area (Å²) in [5, 5.41) is 3.22. The first-order valence-corrected chi connectivity index (χ1v) is 7.67. The van der Waals surface area contributed by atoms with E-state index in [1.807, 2.05) is 13.1 Å². The second kappa shape index (κ2) is 7.44. The van der Waals surface area contributed by atoms with Gasteiger partial charge in [-0.1, -0.05) is 24.3 Å². The number of benzene rings is 1. The van der Waals surface area contributed by atoms with Gasteiger partial charge in [-0.15, -0.1) is 0 Å². The molecule has 1 unspecified atom stereocenters. The standard InChI is InChI=1S/C17H26N2O/c1-14-6-3-4-8-16(14)9-10-17(20)19-11-5-7-15(13-19)12-18-2/h3-4,6,8,15,18H,5,7,9-13H2,1-2H3. The predicted molar refractivity (Wildman–Crippen MR) is 82.7 cm³/mol. The first-order chi connectivity index (χ1) is 9.70. The Morgan fingerprint density at radius 3 is 2.95 bits per heavy atom. The van der Waals surface area contributed by atoms with Gasteiger partial charge in [-0.05, 0) is 56.8 Å². The van der Waals surface area contributed by atoms with Crippen molar-refractivity contribution < 1.29 is 4.79 Å². The van der Waals surface area contributed by atoms with E-state index >= 15 is 0 Å². The molecule has 0 saturated carbocycles. The molecule has 0 aromatic heterocycles. The van der Waals surface area contributed by atoms with E-state index in [2.05, 4.69) is 35.3 Å². The van der Waals surface area contributed by atoms with Crippen LogP contribution in [0.25, 0.3) is 0 Å². The topological polar surface area (TPSA) is 32.3 Å². The van der Waals surface area contributed by atoms with Crippen LogP contribution in [0.3, 0.4) is 0 Å². The van der Waals surface area contributed by atoms with E-state index in [9.17, 15) is 4.79 Å². The van der Waals surface area contributed by atoms with Crippen LogP contribution in [-0.2, 0) is 11.2 Å². The van der Waals surface area contributed by atoms with Crippen molar-refractivity contribution in [3.05, 3.63) is 35.4 Å². The van der Waals surface area contributed by atoms with Crippen molar-refractivity contribution in [3.8, 4) is 0 Å². The fourth-order valence-electron chi connectivity index (χ4n) is 3.04. The molecule has 1 atom stereocenters. The van der Waals surface area contributed by atoms with Crippen LogP contribution in [0.5, 0.6) is 0 Å². The molecule has 2 rings (SSSR count). The third-order valence-electron chi connectivity index (χ3n) is 4.23. The van der Waals surface area contributed by atoms with E-state index in [0.717, 1.165) is 32.5 Å². The van der Waals surface area contributed by atoms with Gasteiger partial charge in [0.15, 0.2) is 0 Å². The van der Waals surface area contributed by atoms with E-state index in [1.165, 1.54) is 17.5 Å². The van der Waals surface area contributed by atoms with E-state index in [1.54, 1.807) is 0 Å². The van der Waals surface area contributed by atoms with Crippen molar-refractivity contribution in [1.29, 1.82) is 0 Å². The van der Waals surface area contributed by atoms with Crippen LogP contribution in [0.4, 0.5) is 0 Å². The number of nitrogens with zero attached hydrogens (tertiary/aromatic N) is 1. The Hall–Kier alpha value is -1.35. The Kier molecular flexibility index (Phi) is 5.60. The first kappa shape index (κ1) is 15.0. The highest BCUT2D eigenvalue weighted by Gasteiger charge is 2.22. The summed E-state index contributed by atoms with van der Waals surface area (Å²) in [7, 11) is 1.99. The van der Waals surface area contributed by atoms with Gasteiger partial charge in [0.1, 0.15) is 0 Å². The van der Waals surface area contributed by atoms with Gasteiger partial charge >= 0.3 is 0 Å². The lowest BCUT2D eigenvalue weighted by Gasteiger charge is -2.32. The maximum absolute atomic E-state index is 12.3. The molecule has 3 nitrogen and oxygen atoms in total. The highest BCUT2D eigenvalue weighted by atomic mass is 16.2. The molecule has 1 heterocycles. The minimum Gasteiger partial charge on any atom is -0.342 e. The summed E-state index contributed by atoms with van der Waals surface area (Å²) in [5.41, 5.74) is 2.58. The van der Waals surface area contributed by atoms with Crippen LogP contribution in [-0.4, -0.2) is 37.5 Å². The van der Waals surface area contributed by atoms with Gasteiger partial charge in [0, 0.05) is 19.5 Å². The molecule has 1 aromatic rings. The summed E-state index contributed by atoms with van der Waals surface area (Å²) in [6.07, 6.45) is 3.88. The molecule has 110 valence electrons. The molecule has 0 spiro atoms. The highest BCUT2D eigenvalue weighted by molar-refractivity contribution is 5.76. The van der Waals surface area contributed by atoms with Gasteiger partial charge in [0.2, 0.25) is 5.91 Å². The molecule has 1 amide bonds. The molecule has 0 bridgehead atoms. The summed E-state index contributed by atoms with van der Waals surface area (Å²) in [4.78, 5) is 14.4. The average Bonchev–Trinajstić information content (AvgIpc) is 2.47. The van der Waals surface area contributed by atoms with Gasteiger partial charge in [0.05, 0.1) is 0 Å². The van der Waals surface area contributed by atoms with Gasteiger partial charge in [-0.2, -0.15) is 0 Å². The number of likely N-dealkylation sites (tertiary alicyclic amines) is 1. The highest BCUT2D eigenvalue weighted by Crippen LogP contribution is 2.17. The van der Waals surface area contributed by atoms with Crippen LogP contribution in [0, 0.1) is 12.8 Å². The van der Waals surface area contributed by atoms with Crippen molar-refractivity contribution in [3.63, 3.8) is 0 Å². The maximum Gasteiger partial charge on any atom is 0.222 e. The number of hydrogen-bond donors (Lipinski definition) is 1. The minimum atomic E-state index is 0.314. The third kappa shape index (κ3) is 4.07. The number of amides is 1. The van der Waals surface area contributed by atoms with Crippen molar-refractivity contribution in [1.82, 2.24) is 10.2 Å². The smallest absolute Gasteiger partial charge is 0.222 e. The fourth-order valence-corrected chi connectivity index (χ4v) is 3.04. The van der Waals surface area contributed by atoms with Crippen LogP contribution < -0.4 is 5.32 Å². The average molecular weight is 274 g/mol. The lowest BCUT2D eigenvalue weighted by atomic mass is 9.97. The van der Waals surface area contributed by atoms with Crippen molar-refractivity contribution in [2.75, 3.05) is 26.7 Å². The summed E-state index contributed by atoms with van der Waals surface area (Å²) >= 11 is 0. The number of aryl methyl sites for hydroxylation is 2. The van der Waals surface area contributed by atoms with E-state index < -0.39 is 0 Å². The number of carbonyl (C=O) groups excluding carboxylic acids is 1. The lowest BCUT2D eigenvalue weighted by Crippen LogP contribution is -2.42. The molecule has 0 radical (unpaired) electrons. The second-order valence-corrected chi connectivity index (χ2v) is 5.83. The largest absolute Gasteiger partial charge is 0.342 e. The van der Waals surface area contributed by atoms with E-state index in [-0.39, 0.29) is 0 Å². The Morgan fingerprint density at radius 1 is 1.40 bits per heavy atom. The zero-order chi connectivity index (χ0) is 14.4. The summed E-state index contributed by atoms with van der Waals surface area (Å²) < 4.78 is 0. The van der Waals surface area contributed by atoms with Crippen LogP contribution in [0.2, 0.25) is 0 Å². The third-order valence-corrected chi connectivity index (χ3v) is 4.23. The molecule has 1 saturated heterocycles. The maximum atomic E-state index is 12.3. The van der Waals surface area contributed by atoms with Crippen molar-refractivity contribution in [2.24, 2.45) is 5.92 Å². The Bertz CT molecular complexity index is 442. The molecule has 1 aromatic carbocycles. The summed E-state index contributed by atoms with van der Waals surface area (Å²) in [6, 6.07) is 8.34. The first-order valence-electron chi connectivity index (χ1n) is 7.67. The second-order valence-electron chi connectivity index (χ2n) is 5.83. The zero-order valence-electron chi connectivity index (χ0n) is 12.7. The van der Waals surface area contributed by atoms with Gasteiger partial charge in [-0.25, -0.2) is 0 Å². The van der Waals surface area contributed by atoms with Gasteiger partial charge in [-0.3, -0.25) is 4.79 Å². The number of hydrogen-bond acceptors (Lipinski definition) is 2. The van der Waals surface area contributed by atoms with Crippen molar-refractivity contribution in [2.45, 2.75) is 32.6 Å². The fraction of sp³-hybridized carbons (Fsp3) is 0.588. The number of rotatable bonds is 5.